The maximum Gasteiger partial charge on any atom is 0.280 e. The second kappa shape index (κ2) is 8.02. The molecule has 3 heterocycles. The Morgan fingerprint density at radius 2 is 1.66 bits per heavy atom. The molecule has 10 heteroatoms. The summed E-state index contributed by atoms with van der Waals surface area (Å²) in [6.07, 6.45) is 3.20. The molecule has 0 unspecified atom stereocenters. The van der Waals surface area contributed by atoms with Crippen LogP contribution in [0.2, 0.25) is 0 Å². The van der Waals surface area contributed by atoms with Crippen molar-refractivity contribution in [1.82, 2.24) is 20.3 Å². The summed E-state index contributed by atoms with van der Waals surface area (Å²) in [6, 6.07) is 9.19. The van der Waals surface area contributed by atoms with Crippen LogP contribution in [0.15, 0.2) is 47.4 Å². The molecule has 2 N–H and O–H groups in total. The number of anilines is 1. The SMILES string of the molecule is O=C(NN1C(=O)c2ccccc2C1=O)c1cn(C2CC2)c2cc(N3CCNCC3)c(F)cc2c1=O. The predicted molar refractivity (Wildman–Crippen MR) is 126 cm³/mol. The molecule has 0 radical (unpaired) electrons. The minimum atomic E-state index is -0.896. The number of hydrogen-bond acceptors (Lipinski definition) is 6. The highest BCUT2D eigenvalue weighted by Gasteiger charge is 2.37. The largest absolute Gasteiger partial charge is 0.367 e. The number of halogens is 1. The van der Waals surface area contributed by atoms with E-state index in [0.717, 1.165) is 25.9 Å². The lowest BCUT2D eigenvalue weighted by Gasteiger charge is -2.30. The summed E-state index contributed by atoms with van der Waals surface area (Å²) in [5.41, 5.74) is 2.71. The van der Waals surface area contributed by atoms with E-state index in [4.69, 9.17) is 0 Å². The molecule has 2 aromatic carbocycles. The van der Waals surface area contributed by atoms with Crippen molar-refractivity contribution in [2.45, 2.75) is 18.9 Å². The average molecular weight is 475 g/mol. The molecule has 3 aliphatic rings. The maximum absolute atomic E-state index is 15.1. The molecule has 1 aromatic heterocycles. The van der Waals surface area contributed by atoms with Crippen LogP contribution in [0.4, 0.5) is 10.1 Å². The topological polar surface area (TPSA) is 104 Å². The number of fused-ring (bicyclic) bond motifs is 2. The van der Waals surface area contributed by atoms with Gasteiger partial charge in [0.25, 0.3) is 17.7 Å². The Morgan fingerprint density at radius 3 is 2.29 bits per heavy atom. The van der Waals surface area contributed by atoms with Gasteiger partial charge < -0.3 is 14.8 Å². The zero-order valence-electron chi connectivity index (χ0n) is 18.7. The fraction of sp³-hybridized carbons (Fsp3) is 0.280. The van der Waals surface area contributed by atoms with E-state index in [2.05, 4.69) is 10.7 Å². The molecule has 2 aliphatic heterocycles. The molecule has 0 spiro atoms. The Labute approximate surface area is 199 Å². The molecule has 178 valence electrons. The monoisotopic (exact) mass is 475 g/mol. The van der Waals surface area contributed by atoms with Crippen molar-refractivity contribution in [2.24, 2.45) is 0 Å². The summed E-state index contributed by atoms with van der Waals surface area (Å²) in [5, 5.41) is 3.94. The van der Waals surface area contributed by atoms with Crippen molar-refractivity contribution in [3.63, 3.8) is 0 Å². The third-order valence-electron chi connectivity index (χ3n) is 6.75. The van der Waals surface area contributed by atoms with E-state index < -0.39 is 29.0 Å². The molecule has 0 bridgehead atoms. The van der Waals surface area contributed by atoms with Crippen LogP contribution in [0, 0.1) is 5.82 Å². The number of benzene rings is 2. The number of hydrazine groups is 1. The molecular formula is C25H22FN5O4. The highest BCUT2D eigenvalue weighted by molar-refractivity contribution is 6.22. The second-order valence-corrected chi connectivity index (χ2v) is 9.00. The number of carbonyl (C=O) groups excluding carboxylic acids is 3. The molecule has 1 saturated carbocycles. The van der Waals surface area contributed by atoms with Gasteiger partial charge in [-0.3, -0.25) is 24.6 Å². The standard InChI is InChI=1S/C25H22FN5O4/c26-19-11-17-20(12-21(19)29-9-7-27-8-10-29)30(14-5-6-14)13-18(22(17)32)23(33)28-31-24(34)15-3-1-2-4-16(15)25(31)35/h1-4,11-14,27H,5-10H2,(H,28,33). The van der Waals surface area contributed by atoms with Crippen molar-refractivity contribution >= 4 is 34.3 Å². The van der Waals surface area contributed by atoms with Crippen LogP contribution >= 0.6 is 0 Å². The van der Waals surface area contributed by atoms with Crippen molar-refractivity contribution in [3.05, 3.63) is 75.3 Å². The van der Waals surface area contributed by atoms with Crippen molar-refractivity contribution in [3.8, 4) is 0 Å². The van der Waals surface area contributed by atoms with Gasteiger partial charge in [0, 0.05) is 43.8 Å². The zero-order valence-corrected chi connectivity index (χ0v) is 18.7. The summed E-state index contributed by atoms with van der Waals surface area (Å²) in [7, 11) is 0. The number of pyridine rings is 1. The molecule has 3 amide bonds. The number of amides is 3. The quantitative estimate of drug-likeness (QED) is 0.558. The molecular weight excluding hydrogens is 453 g/mol. The lowest BCUT2D eigenvalue weighted by Crippen LogP contribution is -2.47. The summed E-state index contributed by atoms with van der Waals surface area (Å²) in [4.78, 5) is 53.6. The van der Waals surface area contributed by atoms with Gasteiger partial charge in [0.2, 0.25) is 5.43 Å². The Hall–Kier alpha value is -4.05. The van der Waals surface area contributed by atoms with Gasteiger partial charge in [-0.25, -0.2) is 4.39 Å². The van der Waals surface area contributed by atoms with Gasteiger partial charge in [-0.1, -0.05) is 12.1 Å². The number of carbonyl (C=O) groups is 3. The first kappa shape index (κ1) is 21.5. The zero-order chi connectivity index (χ0) is 24.3. The number of rotatable bonds is 4. The molecule has 1 saturated heterocycles. The molecule has 3 aromatic rings. The van der Waals surface area contributed by atoms with Gasteiger partial charge in [-0.05, 0) is 37.1 Å². The Morgan fingerprint density at radius 1 is 1.00 bits per heavy atom. The van der Waals surface area contributed by atoms with Gasteiger partial charge in [0.1, 0.15) is 11.4 Å². The summed E-state index contributed by atoms with van der Waals surface area (Å²) in [6.45, 7) is 2.78. The fourth-order valence-corrected chi connectivity index (χ4v) is 4.78. The van der Waals surface area contributed by atoms with Gasteiger partial charge in [-0.2, -0.15) is 5.01 Å². The van der Waals surface area contributed by atoms with Gasteiger partial charge in [-0.15, -0.1) is 0 Å². The Bertz CT molecular complexity index is 1440. The number of aromatic nitrogens is 1. The van der Waals surface area contributed by atoms with Gasteiger partial charge >= 0.3 is 0 Å². The summed E-state index contributed by atoms with van der Waals surface area (Å²) in [5.74, 6) is -2.77. The Kier molecular flexibility index (Phi) is 4.92. The van der Waals surface area contributed by atoms with E-state index in [1.54, 1.807) is 18.2 Å². The molecule has 1 aliphatic carbocycles. The molecule has 35 heavy (non-hydrogen) atoms. The number of nitrogens with zero attached hydrogens (tertiary/aromatic N) is 3. The maximum atomic E-state index is 15.1. The van der Waals surface area contributed by atoms with Gasteiger partial charge in [0.05, 0.1) is 22.3 Å². The minimum absolute atomic E-state index is 0.0864. The predicted octanol–water partition coefficient (Wildman–Crippen LogP) is 1.83. The first-order chi connectivity index (χ1) is 16.9. The van der Waals surface area contributed by atoms with E-state index in [-0.39, 0.29) is 28.1 Å². The van der Waals surface area contributed by atoms with Crippen LogP contribution in [0.1, 0.15) is 50.0 Å². The fourth-order valence-electron chi connectivity index (χ4n) is 4.78. The number of nitrogens with one attached hydrogen (secondary N) is 2. The second-order valence-electron chi connectivity index (χ2n) is 9.00. The van der Waals surface area contributed by atoms with Crippen LogP contribution in [-0.2, 0) is 0 Å². The first-order valence-corrected chi connectivity index (χ1v) is 11.6. The number of imide groups is 1. The Balaban J connectivity index is 1.39. The highest BCUT2D eigenvalue weighted by atomic mass is 19.1. The molecule has 2 fully saturated rings. The smallest absolute Gasteiger partial charge is 0.280 e. The summed E-state index contributed by atoms with van der Waals surface area (Å²) >= 11 is 0. The van der Waals surface area contributed by atoms with E-state index in [1.165, 1.54) is 24.4 Å². The van der Waals surface area contributed by atoms with E-state index >= 15 is 4.39 Å². The van der Waals surface area contributed by atoms with E-state index in [0.29, 0.717) is 29.3 Å². The molecule has 9 nitrogen and oxygen atoms in total. The lowest BCUT2D eigenvalue weighted by atomic mass is 10.1. The molecule has 6 rings (SSSR count). The van der Waals surface area contributed by atoms with Gasteiger partial charge in [0.15, 0.2) is 0 Å². The van der Waals surface area contributed by atoms with Crippen molar-refractivity contribution < 1.29 is 18.8 Å². The van der Waals surface area contributed by atoms with Crippen LogP contribution in [0.25, 0.3) is 10.9 Å². The van der Waals surface area contributed by atoms with E-state index in [1.807, 2.05) is 9.47 Å². The van der Waals surface area contributed by atoms with Crippen molar-refractivity contribution in [1.29, 1.82) is 0 Å². The van der Waals surface area contributed by atoms with Crippen LogP contribution in [0.3, 0.4) is 0 Å². The first-order valence-electron chi connectivity index (χ1n) is 11.6. The third-order valence-corrected chi connectivity index (χ3v) is 6.75. The highest BCUT2D eigenvalue weighted by Crippen LogP contribution is 2.38. The minimum Gasteiger partial charge on any atom is -0.367 e. The van der Waals surface area contributed by atoms with E-state index in [9.17, 15) is 19.2 Å². The van der Waals surface area contributed by atoms with Crippen LogP contribution in [0.5, 0.6) is 0 Å². The third kappa shape index (κ3) is 3.48. The van der Waals surface area contributed by atoms with Crippen molar-refractivity contribution in [2.75, 3.05) is 31.1 Å². The summed E-state index contributed by atoms with van der Waals surface area (Å²) < 4.78 is 17.0. The average Bonchev–Trinajstić information content (AvgIpc) is 3.69. The van der Waals surface area contributed by atoms with Crippen LogP contribution < -0.4 is 21.1 Å². The number of piperazine rings is 1. The van der Waals surface area contributed by atoms with Crippen LogP contribution in [-0.4, -0.2) is 53.5 Å². The number of hydrogen-bond donors (Lipinski definition) is 2. The normalized spacial score (nSPS) is 17.7. The lowest BCUT2D eigenvalue weighted by molar-refractivity contribution is 0.0517. The molecule has 0 atom stereocenters.